The fourth-order valence-electron chi connectivity index (χ4n) is 2.78. The zero-order valence-electron chi connectivity index (χ0n) is 13.2. The molecule has 4 nitrogen and oxygen atoms in total. The number of fused-ring (bicyclic) bond motifs is 1. The van der Waals surface area contributed by atoms with Crippen LogP contribution in [0.2, 0.25) is 0 Å². The van der Waals surface area contributed by atoms with Gasteiger partial charge in [-0.1, -0.05) is 25.1 Å². The fraction of sp³-hybridized carbons (Fsp3) is 0.625. The van der Waals surface area contributed by atoms with Gasteiger partial charge in [0, 0.05) is 36.6 Å². The highest BCUT2D eigenvalue weighted by Crippen LogP contribution is 2.26. The van der Waals surface area contributed by atoms with E-state index in [1.807, 2.05) is 19.1 Å². The molecule has 1 aliphatic rings. The van der Waals surface area contributed by atoms with Gasteiger partial charge < -0.3 is 10.2 Å². The molecule has 0 spiro atoms. The highest BCUT2D eigenvalue weighted by Gasteiger charge is 2.27. The predicted molar refractivity (Wildman–Crippen MR) is 88.5 cm³/mol. The molecule has 1 aromatic carbocycles. The molecule has 0 fully saturated rings. The van der Waals surface area contributed by atoms with Crippen LogP contribution in [-0.2, 0) is 16.4 Å². The number of rotatable bonds is 5. The van der Waals surface area contributed by atoms with E-state index in [1.54, 1.807) is 0 Å². The van der Waals surface area contributed by atoms with E-state index in [-0.39, 0.29) is 17.0 Å². The third-order valence-corrected chi connectivity index (χ3v) is 5.70. The van der Waals surface area contributed by atoms with Crippen LogP contribution in [0.4, 0.5) is 5.69 Å². The summed E-state index contributed by atoms with van der Waals surface area (Å²) in [4.78, 5) is 2.21. The molecule has 0 aliphatic carbocycles. The molecule has 118 valence electrons. The van der Waals surface area contributed by atoms with Crippen LogP contribution in [0, 0.1) is 0 Å². The Kier molecular flexibility index (Phi) is 4.94. The van der Waals surface area contributed by atoms with E-state index in [9.17, 15) is 8.42 Å². The largest absolute Gasteiger partial charge is 0.368 e. The standard InChI is InChI=1S/C16H26N2O2S/c1-4-10-21(19,20)11-9-18-13-16(2,3)17-12-14-7-5-6-8-15(14)18/h5-8,17H,4,9-13H2,1-3H3. The summed E-state index contributed by atoms with van der Waals surface area (Å²) in [6.07, 6.45) is 0.686. The van der Waals surface area contributed by atoms with Gasteiger partial charge in [0.15, 0.2) is 9.84 Å². The molecule has 0 saturated carbocycles. The molecule has 0 radical (unpaired) electrons. The number of nitrogens with zero attached hydrogens (tertiary/aromatic N) is 1. The molecule has 1 N–H and O–H groups in total. The van der Waals surface area contributed by atoms with Gasteiger partial charge in [-0.15, -0.1) is 0 Å². The Hall–Kier alpha value is -1.07. The lowest BCUT2D eigenvalue weighted by Crippen LogP contribution is -2.47. The van der Waals surface area contributed by atoms with E-state index in [2.05, 4.69) is 36.2 Å². The molecule has 1 aliphatic heterocycles. The lowest BCUT2D eigenvalue weighted by Gasteiger charge is -2.32. The van der Waals surface area contributed by atoms with E-state index in [1.165, 1.54) is 5.56 Å². The van der Waals surface area contributed by atoms with E-state index in [0.29, 0.717) is 13.0 Å². The van der Waals surface area contributed by atoms with E-state index in [4.69, 9.17) is 0 Å². The van der Waals surface area contributed by atoms with Crippen molar-refractivity contribution in [3.8, 4) is 0 Å². The van der Waals surface area contributed by atoms with Crippen LogP contribution in [0.3, 0.4) is 0 Å². The SMILES string of the molecule is CCCS(=O)(=O)CCN1CC(C)(C)NCc2ccccc21. The van der Waals surface area contributed by atoms with Crippen LogP contribution in [0.1, 0.15) is 32.8 Å². The summed E-state index contributed by atoms with van der Waals surface area (Å²) in [7, 11) is -2.94. The monoisotopic (exact) mass is 310 g/mol. The Morgan fingerprint density at radius 3 is 2.67 bits per heavy atom. The van der Waals surface area contributed by atoms with Gasteiger partial charge in [-0.05, 0) is 31.9 Å². The van der Waals surface area contributed by atoms with Gasteiger partial charge in [0.05, 0.1) is 5.75 Å². The maximum absolute atomic E-state index is 12.0. The van der Waals surface area contributed by atoms with Gasteiger partial charge in [-0.3, -0.25) is 0 Å². The van der Waals surface area contributed by atoms with E-state index in [0.717, 1.165) is 18.8 Å². The van der Waals surface area contributed by atoms with Gasteiger partial charge >= 0.3 is 0 Å². The number of sulfone groups is 1. The molecule has 0 bridgehead atoms. The summed E-state index contributed by atoms with van der Waals surface area (Å²) in [6, 6.07) is 8.25. The Balaban J connectivity index is 2.19. The Morgan fingerprint density at radius 1 is 1.24 bits per heavy atom. The zero-order valence-corrected chi connectivity index (χ0v) is 14.0. The first-order chi connectivity index (χ1) is 9.83. The van der Waals surface area contributed by atoms with E-state index >= 15 is 0 Å². The minimum absolute atomic E-state index is 0.0342. The van der Waals surface area contributed by atoms with Crippen LogP contribution in [-0.4, -0.2) is 38.6 Å². The Labute approximate surface area is 128 Å². The average Bonchev–Trinajstić information content (AvgIpc) is 2.54. The molecular weight excluding hydrogens is 284 g/mol. The predicted octanol–water partition coefficient (Wildman–Crippen LogP) is 2.20. The van der Waals surface area contributed by atoms with Crippen molar-refractivity contribution in [3.63, 3.8) is 0 Å². The molecule has 1 heterocycles. The van der Waals surface area contributed by atoms with Crippen molar-refractivity contribution in [1.82, 2.24) is 5.32 Å². The molecule has 21 heavy (non-hydrogen) atoms. The molecule has 0 aromatic heterocycles. The lowest BCUT2D eigenvalue weighted by atomic mass is 10.1. The second kappa shape index (κ2) is 6.36. The first-order valence-electron chi connectivity index (χ1n) is 7.61. The number of hydrogen-bond donors (Lipinski definition) is 1. The van der Waals surface area contributed by atoms with Crippen LogP contribution < -0.4 is 10.2 Å². The van der Waals surface area contributed by atoms with Crippen molar-refractivity contribution in [2.24, 2.45) is 0 Å². The first kappa shape index (κ1) is 16.3. The van der Waals surface area contributed by atoms with Crippen LogP contribution in [0.5, 0.6) is 0 Å². The molecule has 0 amide bonds. The highest BCUT2D eigenvalue weighted by molar-refractivity contribution is 7.91. The smallest absolute Gasteiger partial charge is 0.152 e. The molecule has 0 saturated heterocycles. The van der Waals surface area contributed by atoms with Crippen molar-refractivity contribution in [3.05, 3.63) is 29.8 Å². The van der Waals surface area contributed by atoms with Crippen molar-refractivity contribution in [1.29, 1.82) is 0 Å². The fourth-order valence-corrected chi connectivity index (χ4v) is 4.11. The number of hydrogen-bond acceptors (Lipinski definition) is 4. The first-order valence-corrected chi connectivity index (χ1v) is 9.43. The molecule has 1 aromatic rings. The summed E-state index contributed by atoms with van der Waals surface area (Å²) in [5.74, 6) is 0.509. The zero-order chi connectivity index (χ0) is 15.5. The molecular formula is C16H26N2O2S. The van der Waals surface area contributed by atoms with Gasteiger partial charge in [-0.25, -0.2) is 8.42 Å². The van der Waals surface area contributed by atoms with Crippen LogP contribution in [0.15, 0.2) is 24.3 Å². The number of anilines is 1. The normalized spacial score (nSPS) is 18.1. The van der Waals surface area contributed by atoms with Crippen LogP contribution >= 0.6 is 0 Å². The van der Waals surface area contributed by atoms with Crippen LogP contribution in [0.25, 0.3) is 0 Å². The highest BCUT2D eigenvalue weighted by atomic mass is 32.2. The topological polar surface area (TPSA) is 49.4 Å². The van der Waals surface area contributed by atoms with Crippen molar-refractivity contribution in [2.45, 2.75) is 39.3 Å². The van der Waals surface area contributed by atoms with Crippen molar-refractivity contribution in [2.75, 3.05) is 29.5 Å². The minimum atomic E-state index is -2.94. The molecule has 5 heteroatoms. The van der Waals surface area contributed by atoms with E-state index < -0.39 is 9.84 Å². The average molecular weight is 310 g/mol. The molecule has 2 rings (SSSR count). The summed E-state index contributed by atoms with van der Waals surface area (Å²) in [5.41, 5.74) is 2.35. The second-order valence-electron chi connectivity index (χ2n) is 6.44. The summed E-state index contributed by atoms with van der Waals surface area (Å²) in [5, 5.41) is 3.54. The summed E-state index contributed by atoms with van der Waals surface area (Å²) < 4.78 is 24.0. The maximum Gasteiger partial charge on any atom is 0.152 e. The number of nitrogens with one attached hydrogen (secondary N) is 1. The van der Waals surface area contributed by atoms with Gasteiger partial charge in [0.2, 0.25) is 0 Å². The maximum atomic E-state index is 12.0. The number of benzene rings is 1. The third kappa shape index (κ3) is 4.45. The van der Waals surface area contributed by atoms with Gasteiger partial charge in [0.1, 0.15) is 0 Å². The Morgan fingerprint density at radius 2 is 1.95 bits per heavy atom. The quantitative estimate of drug-likeness (QED) is 0.906. The minimum Gasteiger partial charge on any atom is -0.368 e. The Bertz CT molecular complexity index is 582. The molecule has 0 unspecified atom stereocenters. The van der Waals surface area contributed by atoms with Gasteiger partial charge in [-0.2, -0.15) is 0 Å². The van der Waals surface area contributed by atoms with Gasteiger partial charge in [0.25, 0.3) is 0 Å². The van der Waals surface area contributed by atoms with Crippen molar-refractivity contribution < 1.29 is 8.42 Å². The second-order valence-corrected chi connectivity index (χ2v) is 8.74. The molecule has 0 atom stereocenters. The number of para-hydroxylation sites is 1. The summed E-state index contributed by atoms with van der Waals surface area (Å²) in [6.45, 7) is 8.42. The summed E-state index contributed by atoms with van der Waals surface area (Å²) >= 11 is 0. The van der Waals surface area contributed by atoms with Crippen molar-refractivity contribution >= 4 is 15.5 Å². The third-order valence-electron chi connectivity index (χ3n) is 3.86. The lowest BCUT2D eigenvalue weighted by molar-refractivity contribution is 0.397.